The molecular formula is C20H30N4. The van der Waals surface area contributed by atoms with Crippen LogP contribution in [-0.2, 0) is 0 Å². The second-order valence-corrected chi connectivity index (χ2v) is 6.68. The molecule has 1 aliphatic heterocycles. The maximum Gasteiger partial charge on any atom is 0.152 e. The highest BCUT2D eigenvalue weighted by Gasteiger charge is 2.16. The van der Waals surface area contributed by atoms with Crippen molar-refractivity contribution in [1.82, 2.24) is 9.88 Å². The lowest BCUT2D eigenvalue weighted by Gasteiger charge is -2.30. The zero-order chi connectivity index (χ0) is 17.7. The van der Waals surface area contributed by atoms with Crippen LogP contribution in [0.1, 0.15) is 25.5 Å². The standard InChI is InChI=1S/C20H30N4/c1-16(10-9-11-17(2)22(3)4)18-12-13-19-20(21-18)24(6)15-8-7-14-23(19)5/h9-13H,1,7-8,14-15H2,2-6H3/b10-9-,17-11+. The van der Waals surface area contributed by atoms with Crippen molar-refractivity contribution in [2.24, 2.45) is 0 Å². The Morgan fingerprint density at radius 2 is 1.83 bits per heavy atom. The molecule has 0 unspecified atom stereocenters. The van der Waals surface area contributed by atoms with E-state index in [1.165, 1.54) is 24.2 Å². The van der Waals surface area contributed by atoms with Gasteiger partial charge in [0.25, 0.3) is 0 Å². The molecule has 2 heterocycles. The van der Waals surface area contributed by atoms with Gasteiger partial charge in [-0.25, -0.2) is 4.98 Å². The molecule has 0 N–H and O–H groups in total. The largest absolute Gasteiger partial charge is 0.381 e. The summed E-state index contributed by atoms with van der Waals surface area (Å²) >= 11 is 0. The van der Waals surface area contributed by atoms with Crippen molar-refractivity contribution in [1.29, 1.82) is 0 Å². The van der Waals surface area contributed by atoms with Crippen molar-refractivity contribution in [3.63, 3.8) is 0 Å². The Balaban J connectivity index is 2.24. The highest BCUT2D eigenvalue weighted by molar-refractivity contribution is 5.75. The van der Waals surface area contributed by atoms with E-state index in [0.717, 1.165) is 30.2 Å². The first-order valence-corrected chi connectivity index (χ1v) is 8.55. The van der Waals surface area contributed by atoms with Gasteiger partial charge < -0.3 is 14.7 Å². The van der Waals surface area contributed by atoms with Crippen molar-refractivity contribution in [2.75, 3.05) is 51.1 Å². The van der Waals surface area contributed by atoms with Gasteiger partial charge in [-0.1, -0.05) is 18.7 Å². The zero-order valence-electron chi connectivity index (χ0n) is 15.7. The van der Waals surface area contributed by atoms with E-state index in [-0.39, 0.29) is 0 Å². The number of rotatable bonds is 4. The number of hydrogen-bond acceptors (Lipinski definition) is 4. The smallest absolute Gasteiger partial charge is 0.152 e. The molecule has 2 rings (SSSR count). The molecule has 0 saturated carbocycles. The van der Waals surface area contributed by atoms with Gasteiger partial charge in [0.2, 0.25) is 0 Å². The number of aromatic nitrogens is 1. The van der Waals surface area contributed by atoms with Gasteiger partial charge in [0.1, 0.15) is 0 Å². The van der Waals surface area contributed by atoms with Gasteiger partial charge in [-0.15, -0.1) is 0 Å². The van der Waals surface area contributed by atoms with Crippen LogP contribution in [0.25, 0.3) is 5.57 Å². The lowest BCUT2D eigenvalue weighted by molar-refractivity contribution is 0.514. The molecule has 0 aromatic carbocycles. The fourth-order valence-electron chi connectivity index (χ4n) is 2.66. The highest BCUT2D eigenvalue weighted by Crippen LogP contribution is 2.30. The summed E-state index contributed by atoms with van der Waals surface area (Å²) in [6, 6.07) is 4.24. The van der Waals surface area contributed by atoms with E-state index in [9.17, 15) is 0 Å². The summed E-state index contributed by atoms with van der Waals surface area (Å²) in [5.74, 6) is 1.05. The molecule has 4 nitrogen and oxygen atoms in total. The molecule has 0 amide bonds. The van der Waals surface area contributed by atoms with Crippen LogP contribution in [0, 0.1) is 0 Å². The lowest BCUT2D eigenvalue weighted by Crippen LogP contribution is -2.29. The molecule has 0 aliphatic carbocycles. The van der Waals surface area contributed by atoms with Crippen molar-refractivity contribution >= 4 is 17.1 Å². The van der Waals surface area contributed by atoms with E-state index < -0.39 is 0 Å². The van der Waals surface area contributed by atoms with Crippen LogP contribution in [0.4, 0.5) is 11.5 Å². The SMILES string of the molecule is C=C(/C=C\C=C(/C)N(C)C)c1ccc2c(n1)N(C)CCCCN2C. The van der Waals surface area contributed by atoms with Gasteiger partial charge in [0.15, 0.2) is 5.82 Å². The molecule has 0 fully saturated rings. The molecule has 0 bridgehead atoms. The normalized spacial score (nSPS) is 16.0. The first kappa shape index (κ1) is 18.1. The Kier molecular flexibility index (Phi) is 6.07. The Labute approximate surface area is 146 Å². The van der Waals surface area contributed by atoms with Crippen LogP contribution in [0.5, 0.6) is 0 Å². The van der Waals surface area contributed by atoms with E-state index >= 15 is 0 Å². The van der Waals surface area contributed by atoms with Gasteiger partial charge in [0.05, 0.1) is 11.4 Å². The third-order valence-corrected chi connectivity index (χ3v) is 4.53. The van der Waals surface area contributed by atoms with Crippen molar-refractivity contribution in [3.05, 3.63) is 48.3 Å². The molecule has 1 aliphatic rings. The molecule has 1 aromatic rings. The van der Waals surface area contributed by atoms with E-state index in [1.54, 1.807) is 0 Å². The van der Waals surface area contributed by atoms with Crippen LogP contribution >= 0.6 is 0 Å². The van der Waals surface area contributed by atoms with E-state index in [2.05, 4.69) is 60.5 Å². The zero-order valence-corrected chi connectivity index (χ0v) is 15.7. The van der Waals surface area contributed by atoms with Crippen LogP contribution in [0.15, 0.2) is 42.6 Å². The van der Waals surface area contributed by atoms with Crippen molar-refractivity contribution in [2.45, 2.75) is 19.8 Å². The second kappa shape index (κ2) is 8.04. The van der Waals surface area contributed by atoms with Gasteiger partial charge in [0, 0.05) is 47.0 Å². The second-order valence-electron chi connectivity index (χ2n) is 6.68. The summed E-state index contributed by atoms with van der Waals surface area (Å²) in [7, 11) is 8.34. The third-order valence-electron chi connectivity index (χ3n) is 4.53. The lowest BCUT2D eigenvalue weighted by atomic mass is 10.1. The fourth-order valence-corrected chi connectivity index (χ4v) is 2.66. The predicted molar refractivity (Wildman–Crippen MR) is 106 cm³/mol. The van der Waals surface area contributed by atoms with Gasteiger partial charge in [-0.3, -0.25) is 0 Å². The van der Waals surface area contributed by atoms with Crippen LogP contribution < -0.4 is 9.80 Å². The summed E-state index contributed by atoms with van der Waals surface area (Å²) in [5, 5.41) is 0. The van der Waals surface area contributed by atoms with Gasteiger partial charge in [-0.05, 0) is 43.5 Å². The average Bonchev–Trinajstić information content (AvgIpc) is 2.56. The third kappa shape index (κ3) is 4.40. The quantitative estimate of drug-likeness (QED) is 0.785. The summed E-state index contributed by atoms with van der Waals surface area (Å²) in [4.78, 5) is 11.5. The number of fused-ring (bicyclic) bond motifs is 1. The Morgan fingerprint density at radius 3 is 2.50 bits per heavy atom. The van der Waals surface area contributed by atoms with Crippen LogP contribution in [-0.4, -0.2) is 51.2 Å². The highest BCUT2D eigenvalue weighted by atomic mass is 15.2. The minimum atomic E-state index is 0.929. The summed E-state index contributed by atoms with van der Waals surface area (Å²) in [5.41, 5.74) is 4.26. The Bertz CT molecular complexity index is 643. The number of nitrogens with zero attached hydrogens (tertiary/aromatic N) is 4. The van der Waals surface area contributed by atoms with Crippen LogP contribution in [0.3, 0.4) is 0 Å². The van der Waals surface area contributed by atoms with E-state index in [0.29, 0.717) is 0 Å². The molecule has 0 saturated heterocycles. The molecule has 4 heteroatoms. The van der Waals surface area contributed by atoms with Crippen molar-refractivity contribution < 1.29 is 0 Å². The summed E-state index contributed by atoms with van der Waals surface area (Å²) in [6.45, 7) is 8.39. The fraction of sp³-hybridized carbons (Fsp3) is 0.450. The van der Waals surface area contributed by atoms with E-state index in [4.69, 9.17) is 4.98 Å². The van der Waals surface area contributed by atoms with Gasteiger partial charge in [-0.2, -0.15) is 0 Å². The molecule has 24 heavy (non-hydrogen) atoms. The summed E-state index contributed by atoms with van der Waals surface area (Å²) < 4.78 is 0. The molecular weight excluding hydrogens is 296 g/mol. The minimum absolute atomic E-state index is 0.929. The summed E-state index contributed by atoms with van der Waals surface area (Å²) in [6.07, 6.45) is 8.55. The molecule has 0 spiro atoms. The first-order valence-electron chi connectivity index (χ1n) is 8.55. The van der Waals surface area contributed by atoms with E-state index in [1.807, 2.05) is 26.2 Å². The molecule has 1 aromatic heterocycles. The number of allylic oxidation sites excluding steroid dienone is 5. The number of pyridine rings is 1. The molecule has 0 radical (unpaired) electrons. The Hall–Kier alpha value is -2.23. The maximum atomic E-state index is 4.88. The average molecular weight is 326 g/mol. The number of hydrogen-bond donors (Lipinski definition) is 0. The first-order chi connectivity index (χ1) is 11.4. The monoisotopic (exact) mass is 326 g/mol. The minimum Gasteiger partial charge on any atom is -0.381 e. The topological polar surface area (TPSA) is 22.6 Å². The van der Waals surface area contributed by atoms with Crippen molar-refractivity contribution in [3.8, 4) is 0 Å². The molecule has 0 atom stereocenters. The number of anilines is 2. The molecule has 130 valence electrons. The van der Waals surface area contributed by atoms with Crippen LogP contribution in [0.2, 0.25) is 0 Å². The maximum absolute atomic E-state index is 4.88. The van der Waals surface area contributed by atoms with Gasteiger partial charge >= 0.3 is 0 Å². The Morgan fingerprint density at radius 1 is 1.17 bits per heavy atom. The predicted octanol–water partition coefficient (Wildman–Crippen LogP) is 3.78.